The highest BCUT2D eigenvalue weighted by molar-refractivity contribution is 5.90. The fourth-order valence-electron chi connectivity index (χ4n) is 1.14. The van der Waals surface area contributed by atoms with Gasteiger partial charge in [-0.1, -0.05) is 25.1 Å². The molecule has 0 saturated heterocycles. The van der Waals surface area contributed by atoms with Crippen LogP contribution in [-0.4, -0.2) is 11.1 Å². The molecule has 0 spiro atoms. The zero-order valence-electron chi connectivity index (χ0n) is 7.60. The molecule has 74 valence electrons. The third-order valence-electron chi connectivity index (χ3n) is 1.78. The summed E-state index contributed by atoms with van der Waals surface area (Å²) in [5.74, 6) is -0.924. The molecule has 0 atom stereocenters. The molecule has 0 saturated carbocycles. The van der Waals surface area contributed by atoms with Gasteiger partial charge in [-0.05, 0) is 18.1 Å². The van der Waals surface area contributed by atoms with Crippen molar-refractivity contribution in [2.75, 3.05) is 0 Å². The van der Waals surface area contributed by atoms with E-state index in [1.807, 2.05) is 6.92 Å². The Kier molecular flexibility index (Phi) is 3.17. The van der Waals surface area contributed by atoms with E-state index in [2.05, 4.69) is 4.84 Å². The van der Waals surface area contributed by atoms with Gasteiger partial charge in [0.15, 0.2) is 0 Å². The summed E-state index contributed by atoms with van der Waals surface area (Å²) in [6.45, 7) is 1.86. The molecular weight excluding hydrogens is 186 g/mol. The molecule has 0 aliphatic rings. The summed E-state index contributed by atoms with van der Waals surface area (Å²) in [6.07, 6.45) is 0.628. The number of aryl methyl sites for hydroxylation is 1. The van der Waals surface area contributed by atoms with E-state index in [9.17, 15) is 14.9 Å². The smallest absolute Gasteiger partial charge is 0.263 e. The molecule has 1 aromatic rings. The monoisotopic (exact) mass is 195 g/mol. The Balaban J connectivity index is 2.94. The Morgan fingerprint density at radius 2 is 2.14 bits per heavy atom. The number of hydrogen-bond donors (Lipinski definition) is 0. The Hall–Kier alpha value is -1.91. The van der Waals surface area contributed by atoms with E-state index in [4.69, 9.17) is 0 Å². The van der Waals surface area contributed by atoms with Crippen LogP contribution in [0.15, 0.2) is 24.3 Å². The zero-order valence-corrected chi connectivity index (χ0v) is 7.60. The van der Waals surface area contributed by atoms with Gasteiger partial charge in [0.05, 0.1) is 0 Å². The van der Waals surface area contributed by atoms with E-state index in [1.165, 1.54) is 6.07 Å². The molecule has 1 rings (SSSR count). The van der Waals surface area contributed by atoms with Crippen molar-refractivity contribution < 1.29 is 14.7 Å². The van der Waals surface area contributed by atoms with Crippen LogP contribution in [0.1, 0.15) is 22.8 Å². The second kappa shape index (κ2) is 4.36. The highest BCUT2D eigenvalue weighted by Crippen LogP contribution is 2.10. The number of benzene rings is 1. The molecule has 5 heteroatoms. The minimum absolute atomic E-state index is 0.242. The third kappa shape index (κ3) is 2.29. The van der Waals surface area contributed by atoms with Crippen molar-refractivity contribution in [3.05, 3.63) is 45.5 Å². The fourth-order valence-corrected chi connectivity index (χ4v) is 1.14. The van der Waals surface area contributed by atoms with Gasteiger partial charge in [0.25, 0.3) is 0 Å². The molecule has 5 nitrogen and oxygen atoms in total. The second-order valence-electron chi connectivity index (χ2n) is 2.61. The van der Waals surface area contributed by atoms with E-state index < -0.39 is 11.1 Å². The second-order valence-corrected chi connectivity index (χ2v) is 2.61. The van der Waals surface area contributed by atoms with E-state index in [-0.39, 0.29) is 5.56 Å². The normalized spacial score (nSPS) is 9.50. The molecule has 0 N–H and O–H groups in total. The summed E-state index contributed by atoms with van der Waals surface area (Å²) in [5.41, 5.74) is 0.978. The number of carbonyl (C=O) groups excluding carboxylic acids is 1. The van der Waals surface area contributed by atoms with Crippen molar-refractivity contribution in [3.8, 4) is 0 Å². The van der Waals surface area contributed by atoms with Crippen LogP contribution in [0, 0.1) is 10.1 Å². The maximum absolute atomic E-state index is 11.2. The van der Waals surface area contributed by atoms with Crippen LogP contribution in [0.2, 0.25) is 0 Å². The van der Waals surface area contributed by atoms with Gasteiger partial charge in [0.1, 0.15) is 0 Å². The van der Waals surface area contributed by atoms with E-state index in [0.717, 1.165) is 5.56 Å². The maximum atomic E-state index is 11.2. The van der Waals surface area contributed by atoms with Gasteiger partial charge in [-0.3, -0.25) is 4.79 Å². The molecular formula is C9H9NO4. The van der Waals surface area contributed by atoms with Gasteiger partial charge < -0.3 is 0 Å². The van der Waals surface area contributed by atoms with Crippen molar-refractivity contribution in [3.63, 3.8) is 0 Å². The lowest BCUT2D eigenvalue weighted by atomic mass is 10.1. The van der Waals surface area contributed by atoms with E-state index in [1.54, 1.807) is 18.2 Å². The number of carbonyl (C=O) groups is 1. The van der Waals surface area contributed by atoms with E-state index >= 15 is 0 Å². The van der Waals surface area contributed by atoms with E-state index in [0.29, 0.717) is 6.42 Å². The average Bonchev–Trinajstić information content (AvgIpc) is 2.16. The minimum atomic E-state index is -1.10. The molecule has 0 fully saturated rings. The molecule has 0 bridgehead atoms. The lowest BCUT2D eigenvalue weighted by Gasteiger charge is -2.03. The Bertz CT molecular complexity index is 362. The van der Waals surface area contributed by atoms with Crippen molar-refractivity contribution in [1.82, 2.24) is 0 Å². The predicted molar refractivity (Wildman–Crippen MR) is 48.2 cm³/mol. The minimum Gasteiger partial charge on any atom is -0.263 e. The van der Waals surface area contributed by atoms with Crippen LogP contribution in [0.4, 0.5) is 0 Å². The molecule has 0 aliphatic carbocycles. The van der Waals surface area contributed by atoms with Crippen molar-refractivity contribution >= 4 is 5.97 Å². The maximum Gasteiger partial charge on any atom is 0.334 e. The predicted octanol–water partition coefficient (Wildman–Crippen LogP) is 1.60. The van der Waals surface area contributed by atoms with Crippen LogP contribution in [0.25, 0.3) is 0 Å². The summed E-state index contributed by atoms with van der Waals surface area (Å²) in [4.78, 5) is 25.0. The Morgan fingerprint density at radius 3 is 2.71 bits per heavy atom. The third-order valence-corrected chi connectivity index (χ3v) is 1.78. The SMILES string of the molecule is CCc1ccccc1C(=O)O[N+](=O)[O-]. The summed E-state index contributed by atoms with van der Waals surface area (Å²) in [6, 6.07) is 6.64. The van der Waals surface area contributed by atoms with Gasteiger partial charge in [0.2, 0.25) is 0 Å². The van der Waals surface area contributed by atoms with Crippen LogP contribution < -0.4 is 0 Å². The van der Waals surface area contributed by atoms with Crippen LogP contribution in [0.3, 0.4) is 0 Å². The molecule has 14 heavy (non-hydrogen) atoms. The van der Waals surface area contributed by atoms with Crippen molar-refractivity contribution in [1.29, 1.82) is 0 Å². The zero-order chi connectivity index (χ0) is 10.6. The van der Waals surface area contributed by atoms with Gasteiger partial charge in [-0.2, -0.15) is 0 Å². The Morgan fingerprint density at radius 1 is 1.50 bits per heavy atom. The molecule has 0 heterocycles. The summed E-state index contributed by atoms with van der Waals surface area (Å²) in [7, 11) is 0. The van der Waals surface area contributed by atoms with Gasteiger partial charge in [-0.25, -0.2) is 4.84 Å². The molecule has 0 unspecified atom stereocenters. The largest absolute Gasteiger partial charge is 0.334 e. The quantitative estimate of drug-likeness (QED) is 0.542. The summed E-state index contributed by atoms with van der Waals surface area (Å²) >= 11 is 0. The molecule has 0 radical (unpaired) electrons. The van der Waals surface area contributed by atoms with Gasteiger partial charge in [0, 0.05) is 5.56 Å². The van der Waals surface area contributed by atoms with Crippen LogP contribution in [0.5, 0.6) is 0 Å². The first-order chi connectivity index (χ1) is 6.65. The number of rotatable bonds is 3. The van der Waals surface area contributed by atoms with Crippen LogP contribution in [-0.2, 0) is 11.3 Å². The lowest BCUT2D eigenvalue weighted by molar-refractivity contribution is -0.727. The summed E-state index contributed by atoms with van der Waals surface area (Å²) < 4.78 is 0. The van der Waals surface area contributed by atoms with Crippen molar-refractivity contribution in [2.24, 2.45) is 0 Å². The van der Waals surface area contributed by atoms with Gasteiger partial charge in [-0.15, -0.1) is 10.1 Å². The first-order valence-electron chi connectivity index (χ1n) is 4.09. The molecule has 0 aromatic heterocycles. The lowest BCUT2D eigenvalue weighted by Crippen LogP contribution is -2.12. The average molecular weight is 195 g/mol. The van der Waals surface area contributed by atoms with Crippen LogP contribution >= 0.6 is 0 Å². The topological polar surface area (TPSA) is 69.4 Å². The fraction of sp³-hybridized carbons (Fsp3) is 0.222. The molecule has 1 aromatic carbocycles. The standard InChI is InChI=1S/C9H9NO4/c1-2-7-5-3-4-6-8(7)9(11)14-10(12)13/h3-6H,2H2,1H3. The van der Waals surface area contributed by atoms with Crippen molar-refractivity contribution in [2.45, 2.75) is 13.3 Å². The first kappa shape index (κ1) is 10.2. The number of nitrogens with zero attached hydrogens (tertiary/aromatic N) is 1. The summed E-state index contributed by atoms with van der Waals surface area (Å²) in [5, 5.41) is 8.84. The Labute approximate surface area is 80.4 Å². The highest BCUT2D eigenvalue weighted by Gasteiger charge is 2.13. The number of hydrogen-bond acceptors (Lipinski definition) is 4. The van der Waals surface area contributed by atoms with Gasteiger partial charge >= 0.3 is 11.1 Å². The molecule has 0 aliphatic heterocycles. The molecule has 0 amide bonds. The first-order valence-corrected chi connectivity index (χ1v) is 4.09. The highest BCUT2D eigenvalue weighted by atomic mass is 17.0.